The smallest absolute Gasteiger partial charge is 0.225 e. The lowest BCUT2D eigenvalue weighted by molar-refractivity contribution is -0.0972. The van der Waals surface area contributed by atoms with Crippen LogP contribution in [-0.4, -0.2) is 132 Å². The van der Waals surface area contributed by atoms with Gasteiger partial charge in [-0.25, -0.2) is 15.0 Å². The Hall–Kier alpha value is -5.22. The second-order valence-electron chi connectivity index (χ2n) is 36.3. The zero-order valence-electron chi connectivity index (χ0n) is 72.7. The van der Waals surface area contributed by atoms with Gasteiger partial charge in [-0.05, 0) is 232 Å². The second kappa shape index (κ2) is 37.9. The number of aromatic nitrogens is 6. The van der Waals surface area contributed by atoms with Gasteiger partial charge < -0.3 is 74.2 Å². The molecule has 6 fully saturated rings. The number of hydrogen-bond donors (Lipinski definition) is 6. The van der Waals surface area contributed by atoms with Crippen molar-refractivity contribution in [3.05, 3.63) is 210 Å². The molecule has 0 bridgehead atoms. The quantitative estimate of drug-likeness (QED) is 0.0830. The Morgan fingerprint density at radius 1 is 0.476 bits per heavy atom. The van der Waals surface area contributed by atoms with Crippen molar-refractivity contribution in [1.29, 1.82) is 0 Å². The summed E-state index contributed by atoms with van der Waals surface area (Å²) in [5.74, 6) is 3.77. The fraction of sp³-hybridized carbons (Fsp3) is 0.559. The summed E-state index contributed by atoms with van der Waals surface area (Å²) in [5, 5.41) is 32.9. The van der Waals surface area contributed by atoms with Gasteiger partial charge in [-0.1, -0.05) is 58.0 Å². The van der Waals surface area contributed by atoms with Gasteiger partial charge in [0.05, 0.1) is 104 Å². The average Bonchev–Trinajstić information content (AvgIpc) is 1.52. The maximum atomic E-state index is 10.0. The lowest BCUT2D eigenvalue weighted by atomic mass is 9.78. The van der Waals surface area contributed by atoms with E-state index in [0.29, 0.717) is 41.9 Å². The van der Waals surface area contributed by atoms with Crippen LogP contribution < -0.4 is 36.2 Å². The van der Waals surface area contributed by atoms with Crippen LogP contribution in [0, 0.1) is 20.8 Å². The first-order valence-electron chi connectivity index (χ1n) is 43.8. The van der Waals surface area contributed by atoms with Crippen LogP contribution in [0.15, 0.2) is 89.7 Å². The number of halogens is 5. The summed E-state index contributed by atoms with van der Waals surface area (Å²) in [5.41, 5.74) is 13.4. The number of nitrogens with zero attached hydrogens (tertiary/aromatic N) is 7. The zero-order chi connectivity index (χ0) is 86.7. The van der Waals surface area contributed by atoms with E-state index in [9.17, 15) is 5.11 Å². The summed E-state index contributed by atoms with van der Waals surface area (Å²) in [7, 11) is 7.55. The molecule has 6 saturated heterocycles. The molecule has 0 radical (unpaired) electrons. The summed E-state index contributed by atoms with van der Waals surface area (Å²) in [4.78, 5) is 27.0. The van der Waals surface area contributed by atoms with Crippen LogP contribution in [-0.2, 0) is 95.6 Å². The van der Waals surface area contributed by atoms with Gasteiger partial charge in [0.25, 0.3) is 0 Å². The molecule has 21 nitrogen and oxygen atoms in total. The molecule has 15 atom stereocenters. The molecule has 0 amide bonds. The highest BCUT2D eigenvalue weighted by molar-refractivity contribution is 7.18. The Morgan fingerprint density at radius 2 is 0.887 bits per heavy atom. The van der Waals surface area contributed by atoms with Crippen LogP contribution in [0.3, 0.4) is 0 Å². The third-order valence-corrected chi connectivity index (χ3v) is 34.0. The highest BCUT2D eigenvalue weighted by atomic mass is 35.5. The number of aryl methyl sites for hydroxylation is 3. The predicted octanol–water partition coefficient (Wildman–Crippen LogP) is 20.9. The lowest BCUT2D eigenvalue weighted by Gasteiger charge is -2.46. The van der Waals surface area contributed by atoms with Crippen molar-refractivity contribution in [3.8, 4) is 11.5 Å². The Morgan fingerprint density at radius 3 is 1.31 bits per heavy atom. The number of oxazole rings is 1. The summed E-state index contributed by atoms with van der Waals surface area (Å²) in [6, 6.07) is 24.8. The van der Waals surface area contributed by atoms with Crippen molar-refractivity contribution in [2.75, 3.05) is 72.4 Å². The number of ether oxygens (including phenoxy) is 7. The molecule has 1 aromatic carbocycles. The van der Waals surface area contributed by atoms with Crippen molar-refractivity contribution in [2.24, 2.45) is 7.05 Å². The molecule has 11 aliphatic heterocycles. The van der Waals surface area contributed by atoms with Gasteiger partial charge in [0.2, 0.25) is 5.95 Å². The number of rotatable bonds is 8. The maximum absolute atomic E-state index is 10.0. The zero-order valence-corrected chi connectivity index (χ0v) is 80.5. The van der Waals surface area contributed by atoms with Crippen LogP contribution in [0.1, 0.15) is 251 Å². The van der Waals surface area contributed by atoms with Gasteiger partial charge >= 0.3 is 0 Å². The lowest BCUT2D eigenvalue weighted by Crippen LogP contribution is -2.49. The molecule has 5 spiro atoms. The molecule has 124 heavy (non-hydrogen) atoms. The number of hydrogen-bond acceptors (Lipinski definition) is 25. The van der Waals surface area contributed by atoms with Crippen molar-refractivity contribution in [2.45, 2.75) is 259 Å². The fourth-order valence-electron chi connectivity index (χ4n) is 21.4. The SMILES string of the molecule is CC1CC2(CC(c3cnc(C4CCOCC4)o3)N1)OCCc1cc(Cl)sc12.COc1cc(O)cc(C2CC3(CC(C)N2)OCCc2cc(Cl)sc23)c1.Cc1c(C2CC3(CC(C)N2)OCCc2cc(Cl)sc23)cnn1C.Cc1cc(C2CC3(CC(C)N2)OCCc2cc(Cl)sc23)nc(N(C)C)n1.Cc1ccnc(C2CC3(CC(C)N2)OCCc2cc(Cl)sc23)c1. The number of pyridine rings is 1. The van der Waals surface area contributed by atoms with Crippen LogP contribution in [0.25, 0.3) is 0 Å². The number of methoxy groups -OCH3 is 1. The van der Waals surface area contributed by atoms with Gasteiger partial charge in [-0.3, -0.25) is 9.67 Å². The maximum Gasteiger partial charge on any atom is 0.225 e. The number of aromatic hydroxyl groups is 1. The van der Waals surface area contributed by atoms with E-state index in [1.807, 2.05) is 68.4 Å². The number of phenolic OH excluding ortho intramolecular Hbond substituents is 1. The van der Waals surface area contributed by atoms with Crippen molar-refractivity contribution < 1.29 is 42.7 Å². The van der Waals surface area contributed by atoms with E-state index in [4.69, 9.17) is 101 Å². The van der Waals surface area contributed by atoms with Crippen LogP contribution in [0.5, 0.6) is 11.5 Å². The first kappa shape index (κ1) is 90.7. The number of fused-ring (bicyclic) bond motifs is 10. The Bertz CT molecular complexity index is 5420. The Balaban J connectivity index is 0.000000110. The first-order valence-corrected chi connectivity index (χ1v) is 49.8. The Labute approximate surface area is 773 Å². The van der Waals surface area contributed by atoms with Crippen molar-refractivity contribution >= 4 is 121 Å². The average molecular weight is 1880 g/mol. The number of benzene rings is 1. The molecular formula is C93H115Cl5N12O9S5. The van der Waals surface area contributed by atoms with E-state index in [-0.39, 0.29) is 64.0 Å². The summed E-state index contributed by atoms with van der Waals surface area (Å²) in [6.45, 7) is 22.7. The molecule has 31 heteroatoms. The molecule has 0 saturated carbocycles. The summed E-state index contributed by atoms with van der Waals surface area (Å²) >= 11 is 40.0. The molecule has 21 rings (SSSR count). The summed E-state index contributed by atoms with van der Waals surface area (Å²) < 4.78 is 55.3. The van der Waals surface area contributed by atoms with Gasteiger partial charge in [-0.15, -0.1) is 56.7 Å². The molecule has 9 aromatic heterocycles. The van der Waals surface area contributed by atoms with Crippen LogP contribution >= 0.6 is 115 Å². The Kier molecular flexibility index (Phi) is 27.7. The molecule has 11 aliphatic rings. The standard InChI is InChI=1S/C20H25ClN2O3S.C19H25ClN4OS.C19H22ClNO3S.C18H21ClN2OS.C17H22ClN3OS/c1-12-9-20(18-14(4-7-25-20)8-17(21)27-18)10-15(23-12)16-11-22-19(26-16)13-2-5-24-6-3-13;1-11-7-14(23-18(22-11)24(3)4)15-10-19(9-12(2)21-15)17-13(5-6-25-19)8-16(20)26-17;1-11-9-19(18-12(3-4-24-19)7-17(20)25-18)10-16(21-11)13-5-14(22)8-15(6-13)23-2;1-11-3-5-20-14(7-11)15-10-18(9-12(2)21-15)17-13(4-6-22-18)8-16(19)23-17;1-10-7-17(16-12(4-5-22-17)6-15(18)23-16)8-14(20-10)13-9-19-21(3)11(13)2/h8,11-13,15,23H,2-7,9-10H2,1H3;7-8,12,15,21H,5-6,9-10H2,1-4H3;5-8,11,16,21-22H,3-4,9-10H2,1-2H3;3,5,7-8,12,15,21H,4,6,9-10H2,1-2H3;6,9-10,14,20H,4-5,7-8H2,1-3H3. The van der Waals surface area contributed by atoms with Gasteiger partial charge in [0.15, 0.2) is 5.89 Å². The molecule has 0 aliphatic carbocycles. The molecule has 666 valence electrons. The van der Waals surface area contributed by atoms with E-state index in [2.05, 4.69) is 138 Å². The third-order valence-electron chi connectivity index (χ3n) is 26.6. The van der Waals surface area contributed by atoms with E-state index in [1.54, 1.807) is 75.9 Å². The molecule has 20 heterocycles. The second-order valence-corrected chi connectivity index (χ2v) is 44.7. The van der Waals surface area contributed by atoms with E-state index < -0.39 is 0 Å². The minimum Gasteiger partial charge on any atom is -0.508 e. The monoisotopic (exact) mass is 1880 g/mol. The molecule has 10 aromatic rings. The molecular weight excluding hydrogens is 1770 g/mol. The molecule has 6 N–H and O–H groups in total. The normalized spacial score (nSPS) is 30.0. The highest BCUT2D eigenvalue weighted by Gasteiger charge is 2.53. The van der Waals surface area contributed by atoms with Gasteiger partial charge in [0.1, 0.15) is 45.3 Å². The highest BCUT2D eigenvalue weighted by Crippen LogP contribution is 2.57. The summed E-state index contributed by atoms with van der Waals surface area (Å²) in [6.07, 6.45) is 21.7. The minimum absolute atomic E-state index is 0.0802. The third kappa shape index (κ3) is 19.4. The van der Waals surface area contributed by atoms with Crippen LogP contribution in [0.4, 0.5) is 5.95 Å². The number of nitrogens with one attached hydrogen (secondary N) is 5. The first-order chi connectivity index (χ1) is 59.5. The van der Waals surface area contributed by atoms with Crippen molar-refractivity contribution in [3.63, 3.8) is 0 Å². The number of piperidine rings is 5. The van der Waals surface area contributed by atoms with Gasteiger partial charge in [0, 0.05) is 168 Å². The largest absolute Gasteiger partial charge is 0.508 e. The minimum atomic E-state index is -0.306. The van der Waals surface area contributed by atoms with E-state index in [1.165, 1.54) is 69.0 Å². The molecule has 15 unspecified atom stereocenters. The number of phenols is 1. The number of thiophene rings is 5. The van der Waals surface area contributed by atoms with Crippen LogP contribution in [0.2, 0.25) is 21.7 Å². The predicted molar refractivity (Wildman–Crippen MR) is 498 cm³/mol. The van der Waals surface area contributed by atoms with Crippen molar-refractivity contribution in [1.82, 2.24) is 56.3 Å². The van der Waals surface area contributed by atoms with Gasteiger partial charge in [-0.2, -0.15) is 5.10 Å². The van der Waals surface area contributed by atoms with E-state index >= 15 is 0 Å². The van der Waals surface area contributed by atoms with E-state index in [0.717, 1.165) is 217 Å². The fourth-order valence-corrected chi connectivity index (χ4v) is 28.7. The number of anilines is 1. The topological polar surface area (TPSA) is 231 Å².